The molecule has 1 unspecified atom stereocenters. The molecule has 2 N–H and O–H groups in total. The van der Waals surface area contributed by atoms with E-state index in [4.69, 9.17) is 5.73 Å². The highest BCUT2D eigenvalue weighted by Crippen LogP contribution is 2.13. The van der Waals surface area contributed by atoms with Gasteiger partial charge in [0.2, 0.25) is 0 Å². The van der Waals surface area contributed by atoms with E-state index in [-0.39, 0.29) is 11.9 Å². The smallest absolute Gasteiger partial charge is 0.141 e. The van der Waals surface area contributed by atoms with Crippen LogP contribution in [0.1, 0.15) is 25.1 Å². The van der Waals surface area contributed by atoms with Crippen LogP contribution in [0.2, 0.25) is 0 Å². The molecule has 2 heterocycles. The first kappa shape index (κ1) is 14.4. The van der Waals surface area contributed by atoms with Crippen molar-refractivity contribution in [3.05, 3.63) is 29.8 Å². The van der Waals surface area contributed by atoms with Crippen molar-refractivity contribution in [1.82, 2.24) is 14.8 Å². The highest BCUT2D eigenvalue weighted by Gasteiger charge is 2.16. The second-order valence-corrected chi connectivity index (χ2v) is 5.07. The van der Waals surface area contributed by atoms with E-state index in [2.05, 4.69) is 21.7 Å². The van der Waals surface area contributed by atoms with Gasteiger partial charge in [-0.05, 0) is 25.1 Å². The van der Waals surface area contributed by atoms with E-state index < -0.39 is 0 Å². The van der Waals surface area contributed by atoms with Crippen molar-refractivity contribution in [3.63, 3.8) is 0 Å². The van der Waals surface area contributed by atoms with E-state index in [1.54, 1.807) is 6.07 Å². The van der Waals surface area contributed by atoms with Gasteiger partial charge in [0, 0.05) is 38.8 Å². The molecule has 0 bridgehead atoms. The number of nitrogens with zero attached hydrogens (tertiary/aromatic N) is 3. The first-order valence-electron chi connectivity index (χ1n) is 7.00. The summed E-state index contributed by atoms with van der Waals surface area (Å²) in [7, 11) is 0. The summed E-state index contributed by atoms with van der Waals surface area (Å²) < 4.78 is 12.8. The molecule has 0 radical (unpaired) electrons. The third-order valence-electron chi connectivity index (χ3n) is 3.80. The van der Waals surface area contributed by atoms with E-state index in [0.29, 0.717) is 0 Å². The number of halogens is 1. The van der Waals surface area contributed by atoms with Crippen molar-refractivity contribution in [1.29, 1.82) is 0 Å². The molecule has 1 atom stereocenters. The lowest BCUT2D eigenvalue weighted by atomic mass is 10.1. The van der Waals surface area contributed by atoms with Crippen LogP contribution < -0.4 is 5.73 Å². The number of rotatable bonds is 5. The number of pyridine rings is 1. The Balaban J connectivity index is 1.75. The summed E-state index contributed by atoms with van der Waals surface area (Å²) in [5.41, 5.74) is 6.87. The predicted octanol–water partition coefficient (Wildman–Crippen LogP) is 1.25. The van der Waals surface area contributed by atoms with Gasteiger partial charge in [0.05, 0.1) is 11.9 Å². The number of nitrogens with two attached hydrogens (primary N) is 1. The van der Waals surface area contributed by atoms with Gasteiger partial charge in [-0.2, -0.15) is 0 Å². The molecular weight excluding hydrogens is 243 g/mol. The molecule has 5 heteroatoms. The minimum Gasteiger partial charge on any atom is -0.323 e. The number of likely N-dealkylation sites (N-methyl/N-ethyl adjacent to an activating group) is 1. The van der Waals surface area contributed by atoms with Gasteiger partial charge in [0.25, 0.3) is 0 Å². The molecule has 106 valence electrons. The molecule has 0 aromatic carbocycles. The van der Waals surface area contributed by atoms with Gasteiger partial charge in [-0.15, -0.1) is 0 Å². The summed E-state index contributed by atoms with van der Waals surface area (Å²) in [5, 5.41) is 0. The van der Waals surface area contributed by atoms with Crippen LogP contribution in [0.4, 0.5) is 4.39 Å². The van der Waals surface area contributed by atoms with E-state index in [1.807, 2.05) is 0 Å². The Hall–Kier alpha value is -1.04. The normalized spacial score (nSPS) is 19.5. The summed E-state index contributed by atoms with van der Waals surface area (Å²) in [5.74, 6) is -0.313. The van der Waals surface area contributed by atoms with Crippen molar-refractivity contribution in [2.75, 3.05) is 39.3 Å². The molecule has 1 aliphatic rings. The zero-order valence-corrected chi connectivity index (χ0v) is 11.6. The van der Waals surface area contributed by atoms with Gasteiger partial charge in [0.15, 0.2) is 0 Å². The molecule has 1 fully saturated rings. The Kier molecular flexibility index (Phi) is 5.24. The maximum atomic E-state index is 12.8. The van der Waals surface area contributed by atoms with Crippen LogP contribution in [0.15, 0.2) is 18.3 Å². The maximum Gasteiger partial charge on any atom is 0.141 e. The zero-order valence-electron chi connectivity index (χ0n) is 11.6. The molecule has 0 amide bonds. The monoisotopic (exact) mass is 266 g/mol. The van der Waals surface area contributed by atoms with Crippen LogP contribution in [0, 0.1) is 5.82 Å². The standard InChI is InChI=1S/C14H23FN4/c1-2-18-7-9-19(10-8-18)6-5-13(16)14-4-3-12(15)11-17-14/h3-4,11,13H,2,5-10,16H2,1H3. The minimum atomic E-state index is -0.313. The van der Waals surface area contributed by atoms with Crippen molar-refractivity contribution in [2.24, 2.45) is 5.73 Å². The van der Waals surface area contributed by atoms with Crippen molar-refractivity contribution in [3.8, 4) is 0 Å². The molecule has 19 heavy (non-hydrogen) atoms. The Morgan fingerprint density at radius 2 is 1.95 bits per heavy atom. The minimum absolute atomic E-state index is 0.107. The third kappa shape index (κ3) is 4.23. The SMILES string of the molecule is CCN1CCN(CCC(N)c2ccc(F)cn2)CC1. The van der Waals surface area contributed by atoms with E-state index in [9.17, 15) is 4.39 Å². The number of piperazine rings is 1. The lowest BCUT2D eigenvalue weighted by molar-refractivity contribution is 0.134. The molecule has 0 spiro atoms. The van der Waals surface area contributed by atoms with Crippen LogP contribution in [0.25, 0.3) is 0 Å². The van der Waals surface area contributed by atoms with Crippen LogP contribution in [0.5, 0.6) is 0 Å². The lowest BCUT2D eigenvalue weighted by Crippen LogP contribution is -2.46. The fourth-order valence-corrected chi connectivity index (χ4v) is 2.41. The van der Waals surface area contributed by atoms with E-state index in [1.165, 1.54) is 12.3 Å². The van der Waals surface area contributed by atoms with Gasteiger partial charge in [-0.1, -0.05) is 6.92 Å². The third-order valence-corrected chi connectivity index (χ3v) is 3.80. The average molecular weight is 266 g/mol. The van der Waals surface area contributed by atoms with Crippen LogP contribution >= 0.6 is 0 Å². The fraction of sp³-hybridized carbons (Fsp3) is 0.643. The highest BCUT2D eigenvalue weighted by atomic mass is 19.1. The van der Waals surface area contributed by atoms with Crippen LogP contribution in [0.3, 0.4) is 0 Å². The van der Waals surface area contributed by atoms with Crippen LogP contribution in [-0.4, -0.2) is 54.1 Å². The molecule has 1 aromatic rings. The fourth-order valence-electron chi connectivity index (χ4n) is 2.41. The molecule has 0 aliphatic carbocycles. The zero-order chi connectivity index (χ0) is 13.7. The Morgan fingerprint density at radius 3 is 2.53 bits per heavy atom. The first-order chi connectivity index (χ1) is 9.19. The topological polar surface area (TPSA) is 45.4 Å². The number of aromatic nitrogens is 1. The van der Waals surface area contributed by atoms with Gasteiger partial charge in [-0.25, -0.2) is 4.39 Å². The Bertz CT molecular complexity index is 374. The van der Waals surface area contributed by atoms with E-state index in [0.717, 1.165) is 51.4 Å². The van der Waals surface area contributed by atoms with Gasteiger partial charge < -0.3 is 15.5 Å². The summed E-state index contributed by atoms with van der Waals surface area (Å²) in [6.07, 6.45) is 2.10. The summed E-state index contributed by atoms with van der Waals surface area (Å²) in [4.78, 5) is 8.94. The maximum absolute atomic E-state index is 12.8. The summed E-state index contributed by atoms with van der Waals surface area (Å²) in [6.45, 7) is 8.81. The molecule has 4 nitrogen and oxygen atoms in total. The second-order valence-electron chi connectivity index (χ2n) is 5.07. The van der Waals surface area contributed by atoms with E-state index >= 15 is 0 Å². The molecule has 1 aliphatic heterocycles. The van der Waals surface area contributed by atoms with Crippen molar-refractivity contribution < 1.29 is 4.39 Å². The quantitative estimate of drug-likeness (QED) is 0.871. The van der Waals surface area contributed by atoms with Gasteiger partial charge in [0.1, 0.15) is 5.82 Å². The van der Waals surface area contributed by atoms with Gasteiger partial charge >= 0.3 is 0 Å². The average Bonchev–Trinajstić information content (AvgIpc) is 2.46. The second kappa shape index (κ2) is 6.93. The molecular formula is C14H23FN4. The van der Waals surface area contributed by atoms with Crippen molar-refractivity contribution >= 4 is 0 Å². The largest absolute Gasteiger partial charge is 0.323 e. The Morgan fingerprint density at radius 1 is 1.26 bits per heavy atom. The molecule has 1 saturated heterocycles. The molecule has 1 aromatic heterocycles. The number of hydrogen-bond donors (Lipinski definition) is 1. The van der Waals surface area contributed by atoms with Crippen molar-refractivity contribution in [2.45, 2.75) is 19.4 Å². The van der Waals surface area contributed by atoms with Gasteiger partial charge in [-0.3, -0.25) is 4.98 Å². The lowest BCUT2D eigenvalue weighted by Gasteiger charge is -2.34. The summed E-state index contributed by atoms with van der Waals surface area (Å²) >= 11 is 0. The number of hydrogen-bond acceptors (Lipinski definition) is 4. The highest BCUT2D eigenvalue weighted by molar-refractivity contribution is 5.09. The summed E-state index contributed by atoms with van der Waals surface area (Å²) in [6, 6.07) is 2.99. The molecule has 0 saturated carbocycles. The Labute approximate surface area is 114 Å². The first-order valence-corrected chi connectivity index (χ1v) is 7.00. The molecule has 2 rings (SSSR count). The predicted molar refractivity (Wildman–Crippen MR) is 74.3 cm³/mol. The van der Waals surface area contributed by atoms with Crippen LogP contribution in [-0.2, 0) is 0 Å².